The lowest BCUT2D eigenvalue weighted by Gasteiger charge is -2.15. The Balaban J connectivity index is 0.000000424. The Bertz CT molecular complexity index is 114. The molecule has 0 spiro atoms. The van der Waals surface area contributed by atoms with Crippen LogP contribution in [0.3, 0.4) is 0 Å². The van der Waals surface area contributed by atoms with Crippen LogP contribution < -0.4 is 0 Å². The molecule has 0 aromatic rings. The van der Waals surface area contributed by atoms with Gasteiger partial charge in [0, 0.05) is 0 Å². The zero-order chi connectivity index (χ0) is 10.3. The van der Waals surface area contributed by atoms with Crippen molar-refractivity contribution in [3.8, 4) is 0 Å². The third kappa shape index (κ3) is 6.09. The summed E-state index contributed by atoms with van der Waals surface area (Å²) in [5.74, 6) is 0. The third-order valence-electron chi connectivity index (χ3n) is 2.80. The highest BCUT2D eigenvalue weighted by molar-refractivity contribution is 4.91. The molecule has 0 unspecified atom stereocenters. The fourth-order valence-corrected chi connectivity index (χ4v) is 1.42. The molecule has 1 heteroatoms. The highest BCUT2D eigenvalue weighted by Crippen LogP contribution is 2.51. The van der Waals surface area contributed by atoms with Crippen LogP contribution in [0.4, 0.5) is 0 Å². The van der Waals surface area contributed by atoms with E-state index in [1.807, 2.05) is 0 Å². The fourth-order valence-electron chi connectivity index (χ4n) is 1.42. The number of hydrogen-bond acceptors (Lipinski definition) is 1. The molecule has 1 fully saturated rings. The second-order valence-corrected chi connectivity index (χ2v) is 4.61. The molecule has 0 atom stereocenters. The summed E-state index contributed by atoms with van der Waals surface area (Å²) in [6.45, 7) is 7.84. The van der Waals surface area contributed by atoms with Crippen LogP contribution in [0.25, 0.3) is 0 Å². The van der Waals surface area contributed by atoms with Gasteiger partial charge in [-0.1, -0.05) is 33.6 Å². The van der Waals surface area contributed by atoms with Crippen molar-refractivity contribution in [3.63, 3.8) is 0 Å². The van der Waals surface area contributed by atoms with Gasteiger partial charge < -0.3 is 4.90 Å². The van der Waals surface area contributed by atoms with Crippen molar-refractivity contribution in [2.75, 3.05) is 20.6 Å². The smallest absolute Gasteiger partial charge is 0.00195 e. The van der Waals surface area contributed by atoms with Crippen molar-refractivity contribution in [2.45, 2.75) is 52.9 Å². The van der Waals surface area contributed by atoms with E-state index < -0.39 is 0 Å². The van der Waals surface area contributed by atoms with Gasteiger partial charge in [-0.25, -0.2) is 0 Å². The minimum absolute atomic E-state index is 0.782. The predicted molar refractivity (Wildman–Crippen MR) is 61.1 cm³/mol. The van der Waals surface area contributed by atoms with Crippen LogP contribution in [0.15, 0.2) is 0 Å². The maximum atomic E-state index is 2.32. The van der Waals surface area contributed by atoms with Crippen molar-refractivity contribution in [2.24, 2.45) is 5.41 Å². The number of hydrogen-bond donors (Lipinski definition) is 0. The Morgan fingerprint density at radius 2 is 1.54 bits per heavy atom. The van der Waals surface area contributed by atoms with E-state index in [2.05, 4.69) is 39.8 Å². The van der Waals surface area contributed by atoms with Crippen LogP contribution in [0.2, 0.25) is 0 Å². The first kappa shape index (κ1) is 13.0. The minimum Gasteiger partial charge on any atom is -0.309 e. The highest BCUT2D eigenvalue weighted by atomic mass is 15.0. The lowest BCUT2D eigenvalue weighted by Crippen LogP contribution is -2.16. The summed E-state index contributed by atoms with van der Waals surface area (Å²) in [5.41, 5.74) is 0.782. The Morgan fingerprint density at radius 3 is 1.77 bits per heavy atom. The van der Waals surface area contributed by atoms with Crippen LogP contribution in [0, 0.1) is 5.41 Å². The Morgan fingerprint density at radius 1 is 1.08 bits per heavy atom. The molecule has 1 aliphatic carbocycles. The molecule has 0 N–H and O–H groups in total. The summed E-state index contributed by atoms with van der Waals surface area (Å²) in [4.78, 5) is 2.29. The summed E-state index contributed by atoms with van der Waals surface area (Å²) in [5, 5.41) is 0. The van der Waals surface area contributed by atoms with E-state index in [1.54, 1.807) is 0 Å². The molecule has 0 radical (unpaired) electrons. The summed E-state index contributed by atoms with van der Waals surface area (Å²) >= 11 is 0. The molecule has 0 bridgehead atoms. The molecule has 0 amide bonds. The minimum atomic E-state index is 0.782. The molecule has 0 saturated heterocycles. The van der Waals surface area contributed by atoms with E-state index in [4.69, 9.17) is 0 Å². The van der Waals surface area contributed by atoms with Gasteiger partial charge >= 0.3 is 0 Å². The highest BCUT2D eigenvalue weighted by Gasteiger charge is 2.39. The number of nitrogens with zero attached hydrogens (tertiary/aromatic N) is 1. The average Bonchev–Trinajstić information content (AvgIpc) is 2.83. The second-order valence-electron chi connectivity index (χ2n) is 4.61. The summed E-state index contributed by atoms with van der Waals surface area (Å²) < 4.78 is 0. The van der Waals surface area contributed by atoms with Crippen molar-refractivity contribution in [1.82, 2.24) is 4.90 Å². The third-order valence-corrected chi connectivity index (χ3v) is 2.80. The lowest BCUT2D eigenvalue weighted by molar-refractivity contribution is 0.332. The summed E-state index contributed by atoms with van der Waals surface area (Å²) in [7, 11) is 4.32. The topological polar surface area (TPSA) is 3.24 Å². The zero-order valence-corrected chi connectivity index (χ0v) is 10.2. The molecule has 1 rings (SSSR count). The van der Waals surface area contributed by atoms with Gasteiger partial charge in [-0.2, -0.15) is 0 Å². The fraction of sp³-hybridized carbons (Fsp3) is 1.00. The van der Waals surface area contributed by atoms with Crippen molar-refractivity contribution in [3.05, 3.63) is 0 Å². The molecule has 0 heterocycles. The van der Waals surface area contributed by atoms with Crippen LogP contribution in [0.5, 0.6) is 0 Å². The van der Waals surface area contributed by atoms with Crippen molar-refractivity contribution in [1.29, 1.82) is 0 Å². The Hall–Kier alpha value is -0.0400. The van der Waals surface area contributed by atoms with Crippen molar-refractivity contribution < 1.29 is 0 Å². The normalized spacial score (nSPS) is 18.0. The molecule has 0 aliphatic heterocycles. The van der Waals surface area contributed by atoms with E-state index in [9.17, 15) is 0 Å². The van der Waals surface area contributed by atoms with E-state index >= 15 is 0 Å². The molecular weight excluding hydrogens is 158 g/mol. The van der Waals surface area contributed by atoms with Crippen LogP contribution >= 0.6 is 0 Å². The summed E-state index contributed by atoms with van der Waals surface area (Å²) in [6, 6.07) is 0. The van der Waals surface area contributed by atoms with E-state index in [1.165, 1.54) is 38.6 Å². The van der Waals surface area contributed by atoms with Gasteiger partial charge in [-0.3, -0.25) is 0 Å². The molecule has 0 aromatic carbocycles. The Kier molecular flexibility index (Phi) is 6.40. The number of rotatable bonds is 4. The van der Waals surface area contributed by atoms with Crippen LogP contribution in [0.1, 0.15) is 52.9 Å². The van der Waals surface area contributed by atoms with Gasteiger partial charge in [0.25, 0.3) is 0 Å². The first-order chi connectivity index (χ1) is 6.10. The maximum absolute atomic E-state index is 2.32. The molecule has 13 heavy (non-hydrogen) atoms. The summed E-state index contributed by atoms with van der Waals surface area (Å²) in [6.07, 6.45) is 7.02. The largest absolute Gasteiger partial charge is 0.309 e. The maximum Gasteiger partial charge on any atom is -0.00195 e. The quantitative estimate of drug-likeness (QED) is 0.647. The van der Waals surface area contributed by atoms with E-state index in [0.29, 0.717) is 0 Å². The Labute approximate surface area is 84.5 Å². The predicted octanol–water partition coefficient (Wildman–Crippen LogP) is 3.54. The van der Waals surface area contributed by atoms with Gasteiger partial charge in [0.1, 0.15) is 0 Å². The zero-order valence-electron chi connectivity index (χ0n) is 10.2. The second kappa shape index (κ2) is 6.42. The molecule has 1 nitrogen and oxygen atoms in total. The monoisotopic (exact) mass is 185 g/mol. The van der Waals surface area contributed by atoms with Gasteiger partial charge in [-0.15, -0.1) is 0 Å². The first-order valence-corrected chi connectivity index (χ1v) is 5.75. The van der Waals surface area contributed by atoms with Crippen molar-refractivity contribution >= 4 is 0 Å². The van der Waals surface area contributed by atoms with Crippen LogP contribution in [-0.2, 0) is 0 Å². The first-order valence-electron chi connectivity index (χ1n) is 5.75. The van der Waals surface area contributed by atoms with Crippen LogP contribution in [-0.4, -0.2) is 25.5 Å². The van der Waals surface area contributed by atoms with E-state index in [-0.39, 0.29) is 0 Å². The molecule has 80 valence electrons. The van der Waals surface area contributed by atoms with Gasteiger partial charge in [-0.05, 0) is 45.3 Å². The average molecular weight is 185 g/mol. The van der Waals surface area contributed by atoms with Gasteiger partial charge in [0.15, 0.2) is 0 Å². The molecule has 0 aromatic heterocycles. The lowest BCUT2D eigenvalue weighted by atomic mass is 9.99. The van der Waals surface area contributed by atoms with Gasteiger partial charge in [0.2, 0.25) is 0 Å². The van der Waals surface area contributed by atoms with Gasteiger partial charge in [0.05, 0.1) is 0 Å². The molecule has 1 aliphatic rings. The standard InChI is InChI=1S/C9H19N.C3H8/c1-4-9(5-6-9)7-8-10(2)3;1-3-2/h4-8H2,1-3H3;3H2,1-2H3. The van der Waals surface area contributed by atoms with E-state index in [0.717, 1.165) is 5.41 Å². The molecular formula is C12H27N. The molecule has 1 saturated carbocycles. The SMILES string of the molecule is CCC.CCC1(CCN(C)C)CC1.